The van der Waals surface area contributed by atoms with Gasteiger partial charge in [-0.15, -0.1) is 0 Å². The smallest absolute Gasteiger partial charge is 0.227 e. The summed E-state index contributed by atoms with van der Waals surface area (Å²) in [5, 5.41) is 3.20. The zero-order valence-corrected chi connectivity index (χ0v) is 16.6. The van der Waals surface area contributed by atoms with Gasteiger partial charge >= 0.3 is 0 Å². The Bertz CT molecular complexity index is 637. The Balaban J connectivity index is 1.57. The van der Waals surface area contributed by atoms with Gasteiger partial charge in [0.2, 0.25) is 11.8 Å². The first-order chi connectivity index (χ1) is 13.1. The monoisotopic (exact) mass is 372 g/mol. The number of piperidine rings is 1. The van der Waals surface area contributed by atoms with Gasteiger partial charge in [-0.1, -0.05) is 32.0 Å². The van der Waals surface area contributed by atoms with Crippen molar-refractivity contribution in [2.75, 3.05) is 31.6 Å². The van der Waals surface area contributed by atoms with E-state index >= 15 is 0 Å². The van der Waals surface area contributed by atoms with Crippen LogP contribution in [0.25, 0.3) is 0 Å². The minimum Gasteiger partial charge on any atom is -0.381 e. The standard InChI is InChI=1S/C22H32N2O3/c1-3-16-6-5-7-17(4-2)20(16)23-21(25)18-8-12-24(13-9-18)22(26)19-10-14-27-15-11-19/h5-7,18-19H,3-4,8-15H2,1-2H3,(H,23,25). The zero-order valence-electron chi connectivity index (χ0n) is 16.6. The maximum Gasteiger partial charge on any atom is 0.227 e. The van der Waals surface area contributed by atoms with E-state index in [0.717, 1.165) is 44.2 Å². The second kappa shape index (κ2) is 9.36. The van der Waals surface area contributed by atoms with Crippen molar-refractivity contribution in [2.45, 2.75) is 52.4 Å². The van der Waals surface area contributed by atoms with Gasteiger partial charge in [-0.25, -0.2) is 0 Å². The molecule has 2 fully saturated rings. The largest absolute Gasteiger partial charge is 0.381 e. The molecule has 5 heteroatoms. The summed E-state index contributed by atoms with van der Waals surface area (Å²) in [6.07, 6.45) is 4.95. The van der Waals surface area contributed by atoms with Crippen LogP contribution < -0.4 is 5.32 Å². The number of rotatable bonds is 5. The fraction of sp³-hybridized carbons (Fsp3) is 0.636. The number of para-hydroxylation sites is 1. The Morgan fingerprint density at radius 1 is 1.00 bits per heavy atom. The van der Waals surface area contributed by atoms with E-state index in [4.69, 9.17) is 4.74 Å². The number of hydrogen-bond acceptors (Lipinski definition) is 3. The van der Waals surface area contributed by atoms with Crippen LogP contribution in [0.2, 0.25) is 0 Å². The van der Waals surface area contributed by atoms with E-state index < -0.39 is 0 Å². The number of ether oxygens (including phenoxy) is 1. The van der Waals surface area contributed by atoms with Crippen molar-refractivity contribution < 1.29 is 14.3 Å². The second-order valence-electron chi connectivity index (χ2n) is 7.63. The number of benzene rings is 1. The van der Waals surface area contributed by atoms with Crippen LogP contribution in [0.3, 0.4) is 0 Å². The lowest BCUT2D eigenvalue weighted by atomic mass is 9.92. The van der Waals surface area contributed by atoms with E-state index in [1.165, 1.54) is 11.1 Å². The molecule has 2 amide bonds. The molecule has 1 N–H and O–H groups in total. The molecule has 0 unspecified atom stereocenters. The number of nitrogens with one attached hydrogen (secondary N) is 1. The topological polar surface area (TPSA) is 58.6 Å². The lowest BCUT2D eigenvalue weighted by molar-refractivity contribution is -0.141. The molecular formula is C22H32N2O3. The SMILES string of the molecule is CCc1cccc(CC)c1NC(=O)C1CCN(C(=O)C2CCOCC2)CC1. The van der Waals surface area contributed by atoms with Crippen LogP contribution >= 0.6 is 0 Å². The van der Waals surface area contributed by atoms with Crippen LogP contribution in [-0.2, 0) is 27.2 Å². The van der Waals surface area contributed by atoms with Crippen LogP contribution in [0.4, 0.5) is 5.69 Å². The van der Waals surface area contributed by atoms with Gasteiger partial charge in [0, 0.05) is 43.8 Å². The van der Waals surface area contributed by atoms with Crippen molar-refractivity contribution in [3.8, 4) is 0 Å². The summed E-state index contributed by atoms with van der Waals surface area (Å²) in [6.45, 7) is 6.97. The molecule has 0 aliphatic carbocycles. The van der Waals surface area contributed by atoms with Crippen molar-refractivity contribution >= 4 is 17.5 Å². The predicted molar refractivity (Wildman–Crippen MR) is 107 cm³/mol. The quantitative estimate of drug-likeness (QED) is 0.862. The van der Waals surface area contributed by atoms with Gasteiger partial charge in [0.1, 0.15) is 0 Å². The first-order valence-electron chi connectivity index (χ1n) is 10.4. The van der Waals surface area contributed by atoms with Gasteiger partial charge in [-0.05, 0) is 49.7 Å². The number of carbonyl (C=O) groups is 2. The summed E-state index contributed by atoms with van der Waals surface area (Å²) in [4.78, 5) is 27.5. The normalized spacial score (nSPS) is 19.1. The third-order valence-electron chi connectivity index (χ3n) is 6.00. The van der Waals surface area contributed by atoms with E-state index in [0.29, 0.717) is 26.3 Å². The van der Waals surface area contributed by atoms with Crippen LogP contribution in [-0.4, -0.2) is 43.0 Å². The fourth-order valence-corrected chi connectivity index (χ4v) is 4.19. The molecule has 1 aromatic rings. The van der Waals surface area contributed by atoms with Crippen LogP contribution in [0.5, 0.6) is 0 Å². The summed E-state index contributed by atoms with van der Waals surface area (Å²) >= 11 is 0. The van der Waals surface area contributed by atoms with Gasteiger partial charge in [0.15, 0.2) is 0 Å². The molecule has 148 valence electrons. The van der Waals surface area contributed by atoms with E-state index in [2.05, 4.69) is 37.4 Å². The van der Waals surface area contributed by atoms with Gasteiger partial charge < -0.3 is 15.0 Å². The third kappa shape index (κ3) is 4.70. The number of amides is 2. The average Bonchev–Trinajstić information content (AvgIpc) is 2.74. The average molecular weight is 373 g/mol. The first kappa shape index (κ1) is 19.9. The Hall–Kier alpha value is -1.88. The van der Waals surface area contributed by atoms with E-state index in [1.807, 2.05) is 4.90 Å². The van der Waals surface area contributed by atoms with Gasteiger partial charge in [0.05, 0.1) is 0 Å². The van der Waals surface area contributed by atoms with Gasteiger partial charge in [-0.3, -0.25) is 9.59 Å². The molecule has 27 heavy (non-hydrogen) atoms. The molecule has 5 nitrogen and oxygen atoms in total. The lowest BCUT2D eigenvalue weighted by Crippen LogP contribution is -2.45. The molecule has 0 atom stereocenters. The van der Waals surface area contributed by atoms with E-state index in [-0.39, 0.29) is 23.7 Å². The molecular weight excluding hydrogens is 340 g/mol. The molecule has 2 saturated heterocycles. The zero-order chi connectivity index (χ0) is 19.2. The molecule has 0 spiro atoms. The summed E-state index contributed by atoms with van der Waals surface area (Å²) in [5.41, 5.74) is 3.37. The van der Waals surface area contributed by atoms with Crippen molar-refractivity contribution in [1.82, 2.24) is 4.90 Å². The van der Waals surface area contributed by atoms with Crippen molar-refractivity contribution in [2.24, 2.45) is 11.8 Å². The number of likely N-dealkylation sites (tertiary alicyclic amines) is 1. The Kier molecular flexibility index (Phi) is 6.89. The maximum atomic E-state index is 12.9. The van der Waals surface area contributed by atoms with Crippen LogP contribution in [0.1, 0.15) is 50.7 Å². The molecule has 3 rings (SSSR count). The lowest BCUT2D eigenvalue weighted by Gasteiger charge is -2.34. The van der Waals surface area contributed by atoms with Crippen molar-refractivity contribution in [1.29, 1.82) is 0 Å². The Labute approximate surface area is 162 Å². The minimum absolute atomic E-state index is 0.0154. The number of anilines is 1. The van der Waals surface area contributed by atoms with Crippen LogP contribution in [0.15, 0.2) is 18.2 Å². The Morgan fingerprint density at radius 2 is 1.59 bits per heavy atom. The summed E-state index contributed by atoms with van der Waals surface area (Å²) < 4.78 is 5.36. The van der Waals surface area contributed by atoms with Gasteiger partial charge in [-0.2, -0.15) is 0 Å². The highest BCUT2D eigenvalue weighted by atomic mass is 16.5. The summed E-state index contributed by atoms with van der Waals surface area (Å²) in [6, 6.07) is 6.24. The first-order valence-corrected chi connectivity index (χ1v) is 10.4. The molecule has 0 radical (unpaired) electrons. The third-order valence-corrected chi connectivity index (χ3v) is 6.00. The number of nitrogens with zero attached hydrogens (tertiary/aromatic N) is 1. The molecule has 1 aromatic carbocycles. The highest BCUT2D eigenvalue weighted by molar-refractivity contribution is 5.94. The van der Waals surface area contributed by atoms with Gasteiger partial charge in [0.25, 0.3) is 0 Å². The predicted octanol–water partition coefficient (Wildman–Crippen LogP) is 3.42. The molecule has 0 saturated carbocycles. The molecule has 2 aliphatic heterocycles. The van der Waals surface area contributed by atoms with Crippen molar-refractivity contribution in [3.05, 3.63) is 29.3 Å². The molecule has 2 heterocycles. The second-order valence-corrected chi connectivity index (χ2v) is 7.63. The number of hydrogen-bond donors (Lipinski definition) is 1. The maximum absolute atomic E-state index is 12.9. The van der Waals surface area contributed by atoms with Crippen molar-refractivity contribution in [3.63, 3.8) is 0 Å². The molecule has 2 aliphatic rings. The Morgan fingerprint density at radius 3 is 2.15 bits per heavy atom. The van der Waals surface area contributed by atoms with E-state index in [1.54, 1.807) is 0 Å². The molecule has 0 bridgehead atoms. The van der Waals surface area contributed by atoms with E-state index in [9.17, 15) is 9.59 Å². The highest BCUT2D eigenvalue weighted by Crippen LogP contribution is 2.27. The summed E-state index contributed by atoms with van der Waals surface area (Å²) in [5.74, 6) is 0.441. The number of aryl methyl sites for hydroxylation is 2. The minimum atomic E-state index is -0.0154. The fourth-order valence-electron chi connectivity index (χ4n) is 4.19. The number of carbonyl (C=O) groups excluding carboxylic acids is 2. The van der Waals surface area contributed by atoms with Crippen LogP contribution in [0, 0.1) is 11.8 Å². The summed E-state index contributed by atoms with van der Waals surface area (Å²) in [7, 11) is 0. The molecule has 0 aromatic heterocycles. The highest BCUT2D eigenvalue weighted by Gasteiger charge is 2.31.